The first kappa shape index (κ1) is 25.3. The summed E-state index contributed by atoms with van der Waals surface area (Å²) in [6.45, 7) is 9.82. The lowest BCUT2D eigenvalue weighted by atomic mass is 10.1. The van der Waals surface area contributed by atoms with Crippen molar-refractivity contribution in [3.05, 3.63) is 77.7 Å². The number of ether oxygens (including phenoxy) is 1. The second-order valence-electron chi connectivity index (χ2n) is 6.86. The number of alkyl halides is 2. The number of amides is 1. The van der Waals surface area contributed by atoms with E-state index in [1.807, 2.05) is 13.0 Å². The summed E-state index contributed by atoms with van der Waals surface area (Å²) in [6, 6.07) is 8.28. The van der Waals surface area contributed by atoms with E-state index < -0.39 is 18.0 Å². The molecule has 0 saturated carbocycles. The average Bonchev–Trinajstić information content (AvgIpc) is 2.77. The number of aliphatic imine (C=N–C) groups is 1. The molecule has 0 fully saturated rings. The molecule has 0 spiro atoms. The van der Waals surface area contributed by atoms with Crippen LogP contribution >= 0.6 is 0 Å². The van der Waals surface area contributed by atoms with Crippen LogP contribution in [0.4, 0.5) is 18.9 Å². The van der Waals surface area contributed by atoms with E-state index in [9.17, 15) is 18.0 Å². The monoisotopic (exact) mass is 459 g/mol. The zero-order valence-electron chi connectivity index (χ0n) is 18.5. The Labute approximate surface area is 190 Å². The zero-order chi connectivity index (χ0) is 24.5. The van der Waals surface area contributed by atoms with Gasteiger partial charge in [-0.15, -0.1) is 0 Å². The van der Waals surface area contributed by atoms with Crippen LogP contribution in [0.15, 0.2) is 65.2 Å². The number of carbonyl (C=O) groups excluding carboxylic acids is 1. The molecule has 1 heterocycles. The number of pyridine rings is 1. The van der Waals surface area contributed by atoms with Gasteiger partial charge in [0.1, 0.15) is 5.82 Å². The SMILES string of the molecule is C=NN(/C=C(\C)c1cccc(NC(C)=O)c1)Cc1ncc(C(=NC)OC(=C)C(F)F)cc1F. The van der Waals surface area contributed by atoms with Gasteiger partial charge >= 0.3 is 0 Å². The second kappa shape index (κ2) is 11.6. The second-order valence-corrected chi connectivity index (χ2v) is 6.86. The van der Waals surface area contributed by atoms with Gasteiger partial charge in [-0.25, -0.2) is 13.2 Å². The Morgan fingerprint density at radius 1 is 1.30 bits per heavy atom. The molecule has 1 amide bonds. The molecule has 0 unspecified atom stereocenters. The first-order valence-electron chi connectivity index (χ1n) is 9.70. The number of benzene rings is 1. The Hall–Kier alpha value is -3.95. The third-order valence-electron chi connectivity index (χ3n) is 4.31. The molecular weight excluding hydrogens is 435 g/mol. The zero-order valence-corrected chi connectivity index (χ0v) is 18.5. The summed E-state index contributed by atoms with van der Waals surface area (Å²) in [6.07, 6.45) is 0.0117. The molecule has 174 valence electrons. The molecular formula is C23H24F3N5O2. The summed E-state index contributed by atoms with van der Waals surface area (Å²) < 4.78 is 44.9. The summed E-state index contributed by atoms with van der Waals surface area (Å²) in [5, 5.41) is 7.99. The van der Waals surface area contributed by atoms with Crippen molar-refractivity contribution in [1.82, 2.24) is 9.99 Å². The van der Waals surface area contributed by atoms with E-state index in [-0.39, 0.29) is 29.6 Å². The maximum atomic E-state index is 14.7. The molecule has 33 heavy (non-hydrogen) atoms. The van der Waals surface area contributed by atoms with Crippen LogP contribution in [-0.2, 0) is 16.1 Å². The minimum Gasteiger partial charge on any atom is -0.438 e. The van der Waals surface area contributed by atoms with Gasteiger partial charge in [-0.2, -0.15) is 5.10 Å². The predicted octanol–water partition coefficient (Wildman–Crippen LogP) is 4.83. The van der Waals surface area contributed by atoms with Gasteiger partial charge in [-0.3, -0.25) is 19.8 Å². The molecule has 0 bridgehead atoms. The van der Waals surface area contributed by atoms with Crippen molar-refractivity contribution in [3.8, 4) is 0 Å². The van der Waals surface area contributed by atoms with Crippen molar-refractivity contribution in [3.63, 3.8) is 0 Å². The van der Waals surface area contributed by atoms with E-state index in [4.69, 9.17) is 4.74 Å². The van der Waals surface area contributed by atoms with Crippen molar-refractivity contribution in [1.29, 1.82) is 0 Å². The van der Waals surface area contributed by atoms with E-state index >= 15 is 0 Å². The Kier molecular flexibility index (Phi) is 8.90. The van der Waals surface area contributed by atoms with Crippen LogP contribution in [0.25, 0.3) is 5.57 Å². The number of nitrogens with zero attached hydrogens (tertiary/aromatic N) is 4. The van der Waals surface area contributed by atoms with Crippen molar-refractivity contribution in [2.75, 3.05) is 12.4 Å². The number of rotatable bonds is 9. The molecule has 2 aromatic rings. The van der Waals surface area contributed by atoms with Crippen LogP contribution in [0, 0.1) is 5.82 Å². The molecule has 0 aliphatic carbocycles. The van der Waals surface area contributed by atoms with E-state index in [0.29, 0.717) is 5.69 Å². The van der Waals surface area contributed by atoms with E-state index in [1.165, 1.54) is 25.2 Å². The normalized spacial score (nSPS) is 11.8. The van der Waals surface area contributed by atoms with Crippen molar-refractivity contribution < 1.29 is 22.7 Å². The number of hydrazone groups is 1. The number of hydrogen-bond donors (Lipinski definition) is 1. The van der Waals surface area contributed by atoms with Gasteiger partial charge in [-0.1, -0.05) is 18.7 Å². The van der Waals surface area contributed by atoms with Crippen molar-refractivity contribution >= 4 is 29.8 Å². The van der Waals surface area contributed by atoms with Crippen LogP contribution in [0.2, 0.25) is 0 Å². The topological polar surface area (TPSA) is 79.2 Å². The number of carbonyl (C=O) groups is 1. The van der Waals surface area contributed by atoms with Crippen LogP contribution in [-0.4, -0.2) is 42.0 Å². The van der Waals surface area contributed by atoms with Gasteiger partial charge in [0.15, 0.2) is 5.76 Å². The Morgan fingerprint density at radius 2 is 2.03 bits per heavy atom. The first-order valence-corrected chi connectivity index (χ1v) is 9.70. The average molecular weight is 459 g/mol. The fraction of sp³-hybridized carbons (Fsp3) is 0.217. The van der Waals surface area contributed by atoms with Crippen LogP contribution in [0.3, 0.4) is 0 Å². The van der Waals surface area contributed by atoms with Crippen molar-refractivity contribution in [2.45, 2.75) is 26.8 Å². The highest BCUT2D eigenvalue weighted by Crippen LogP contribution is 2.21. The quantitative estimate of drug-likeness (QED) is 0.252. The fourth-order valence-corrected chi connectivity index (χ4v) is 2.74. The molecule has 0 radical (unpaired) electrons. The number of nitrogens with one attached hydrogen (secondary N) is 1. The Morgan fingerprint density at radius 3 is 2.61 bits per heavy atom. The minimum absolute atomic E-state index is 0.0401. The summed E-state index contributed by atoms with van der Waals surface area (Å²) in [5.41, 5.74) is 2.37. The molecule has 1 aromatic carbocycles. The summed E-state index contributed by atoms with van der Waals surface area (Å²) in [4.78, 5) is 19.1. The lowest BCUT2D eigenvalue weighted by Crippen LogP contribution is -2.15. The van der Waals surface area contributed by atoms with Crippen molar-refractivity contribution in [2.24, 2.45) is 10.1 Å². The molecule has 10 heteroatoms. The molecule has 0 atom stereocenters. The molecule has 0 aliphatic rings. The molecule has 1 aromatic heterocycles. The van der Waals surface area contributed by atoms with Gasteiger partial charge < -0.3 is 10.1 Å². The third-order valence-corrected chi connectivity index (χ3v) is 4.31. The van der Waals surface area contributed by atoms with Gasteiger partial charge in [0.2, 0.25) is 11.8 Å². The summed E-state index contributed by atoms with van der Waals surface area (Å²) in [7, 11) is 1.32. The Bertz CT molecular complexity index is 1100. The number of halogens is 3. The Balaban J connectivity index is 2.20. The fourth-order valence-electron chi connectivity index (χ4n) is 2.74. The van der Waals surface area contributed by atoms with Gasteiger partial charge in [0.25, 0.3) is 6.43 Å². The molecule has 0 aliphatic heterocycles. The summed E-state index contributed by atoms with van der Waals surface area (Å²) >= 11 is 0. The molecule has 2 rings (SSSR count). The smallest absolute Gasteiger partial charge is 0.294 e. The largest absolute Gasteiger partial charge is 0.438 e. The van der Waals surface area contributed by atoms with E-state index in [2.05, 4.69) is 33.7 Å². The number of anilines is 1. The lowest BCUT2D eigenvalue weighted by Gasteiger charge is -2.16. The molecule has 0 saturated heterocycles. The van der Waals surface area contributed by atoms with Gasteiger partial charge in [0.05, 0.1) is 17.8 Å². The standard InChI is InChI=1S/C23H24F3N5O2/c1-14(17-7-6-8-19(9-17)30-16(3)32)12-31(28-5)13-21-20(24)10-18(11-29-21)23(27-4)33-15(2)22(25)26/h6-12,22H,2,5,13H2,1,3-4H3,(H,30,32)/b14-12+,27-23?. The highest BCUT2D eigenvalue weighted by atomic mass is 19.3. The van der Waals surface area contributed by atoms with E-state index in [1.54, 1.807) is 24.4 Å². The summed E-state index contributed by atoms with van der Waals surface area (Å²) in [5.74, 6) is -1.92. The maximum Gasteiger partial charge on any atom is 0.294 e. The van der Waals surface area contributed by atoms with Gasteiger partial charge in [-0.05, 0) is 36.3 Å². The van der Waals surface area contributed by atoms with E-state index in [0.717, 1.165) is 17.2 Å². The van der Waals surface area contributed by atoms with Crippen LogP contribution in [0.5, 0.6) is 0 Å². The minimum atomic E-state index is -2.90. The lowest BCUT2D eigenvalue weighted by molar-refractivity contribution is -0.114. The van der Waals surface area contributed by atoms with Gasteiger partial charge in [0, 0.05) is 38.8 Å². The van der Waals surface area contributed by atoms with Crippen LogP contribution in [0.1, 0.15) is 30.7 Å². The van der Waals surface area contributed by atoms with Crippen LogP contribution < -0.4 is 5.32 Å². The number of hydrogen-bond acceptors (Lipinski definition) is 6. The predicted molar refractivity (Wildman–Crippen MR) is 122 cm³/mol. The third kappa shape index (κ3) is 7.30. The highest BCUT2D eigenvalue weighted by Gasteiger charge is 2.17. The first-order chi connectivity index (χ1) is 15.6. The molecule has 1 N–H and O–H groups in total. The highest BCUT2D eigenvalue weighted by molar-refractivity contribution is 5.94. The maximum absolute atomic E-state index is 14.7. The molecule has 7 nitrogen and oxygen atoms in total. The number of allylic oxidation sites excluding steroid dienone is 2. The number of aromatic nitrogens is 1.